The zero-order valence-electron chi connectivity index (χ0n) is 12.4. The largest absolute Gasteiger partial charge is 0.536 e. The highest BCUT2D eigenvalue weighted by atomic mass is 28.4. The molecule has 0 spiro atoms. The molecule has 0 aliphatic rings. The van der Waals surface area contributed by atoms with Crippen molar-refractivity contribution >= 4 is 27.7 Å². The molecule has 0 aliphatic carbocycles. The van der Waals surface area contributed by atoms with Crippen molar-refractivity contribution in [2.24, 2.45) is 0 Å². The standard InChI is InChI=1S/C12H22O5Si2/c1-13-18(6,14-2)11-7-9-12(10-8-11)19(15-3,16-4)17-5/h7-10H,1-6H3. The summed E-state index contributed by atoms with van der Waals surface area (Å²) >= 11 is 0. The smallest absolute Gasteiger partial charge is 0.394 e. The van der Waals surface area contributed by atoms with Crippen LogP contribution in [0.1, 0.15) is 0 Å². The van der Waals surface area contributed by atoms with E-state index in [-0.39, 0.29) is 0 Å². The van der Waals surface area contributed by atoms with Gasteiger partial charge in [0, 0.05) is 40.7 Å². The first-order valence-corrected chi connectivity index (χ1v) is 9.92. The monoisotopic (exact) mass is 302 g/mol. The van der Waals surface area contributed by atoms with Gasteiger partial charge in [0.1, 0.15) is 0 Å². The predicted molar refractivity (Wildman–Crippen MR) is 78.1 cm³/mol. The summed E-state index contributed by atoms with van der Waals surface area (Å²) in [4.78, 5) is 0. The molecule has 1 aromatic carbocycles. The first-order valence-electron chi connectivity index (χ1n) is 5.88. The van der Waals surface area contributed by atoms with Crippen LogP contribution in [-0.4, -0.2) is 52.9 Å². The molecule has 0 aromatic heterocycles. The van der Waals surface area contributed by atoms with Gasteiger partial charge in [-0.05, 0) is 11.7 Å². The van der Waals surface area contributed by atoms with Gasteiger partial charge >= 0.3 is 17.4 Å². The van der Waals surface area contributed by atoms with Crippen LogP contribution in [0, 0.1) is 0 Å². The highest BCUT2D eigenvalue weighted by Gasteiger charge is 2.41. The Morgan fingerprint density at radius 1 is 0.632 bits per heavy atom. The molecule has 0 heterocycles. The van der Waals surface area contributed by atoms with Crippen molar-refractivity contribution in [3.63, 3.8) is 0 Å². The fraction of sp³-hybridized carbons (Fsp3) is 0.500. The van der Waals surface area contributed by atoms with Crippen LogP contribution in [0.25, 0.3) is 0 Å². The predicted octanol–water partition coefficient (Wildman–Crippen LogP) is 0.344. The lowest BCUT2D eigenvalue weighted by Crippen LogP contribution is -2.56. The number of hydrogen-bond donors (Lipinski definition) is 0. The topological polar surface area (TPSA) is 46.2 Å². The van der Waals surface area contributed by atoms with Crippen LogP contribution in [0.15, 0.2) is 24.3 Å². The second-order valence-electron chi connectivity index (χ2n) is 4.10. The minimum absolute atomic E-state index is 0.910. The van der Waals surface area contributed by atoms with Crippen molar-refractivity contribution in [1.82, 2.24) is 0 Å². The Balaban J connectivity index is 3.11. The highest BCUT2D eigenvalue weighted by molar-refractivity contribution is 6.80. The zero-order chi connectivity index (χ0) is 14.5. The molecule has 5 nitrogen and oxygen atoms in total. The van der Waals surface area contributed by atoms with Crippen molar-refractivity contribution in [3.05, 3.63) is 24.3 Å². The van der Waals surface area contributed by atoms with Crippen LogP contribution in [0.5, 0.6) is 0 Å². The minimum Gasteiger partial charge on any atom is -0.394 e. The van der Waals surface area contributed by atoms with E-state index in [2.05, 4.69) is 0 Å². The van der Waals surface area contributed by atoms with Crippen molar-refractivity contribution in [2.45, 2.75) is 6.55 Å². The van der Waals surface area contributed by atoms with E-state index < -0.39 is 17.4 Å². The van der Waals surface area contributed by atoms with Gasteiger partial charge in [0.2, 0.25) is 0 Å². The molecule has 1 aromatic rings. The van der Waals surface area contributed by atoms with Crippen molar-refractivity contribution in [2.75, 3.05) is 35.5 Å². The van der Waals surface area contributed by atoms with Crippen LogP contribution in [0.2, 0.25) is 6.55 Å². The van der Waals surface area contributed by atoms with Gasteiger partial charge in [0.15, 0.2) is 0 Å². The van der Waals surface area contributed by atoms with Crippen molar-refractivity contribution < 1.29 is 22.1 Å². The van der Waals surface area contributed by atoms with Crippen LogP contribution in [0.3, 0.4) is 0 Å². The summed E-state index contributed by atoms with van der Waals surface area (Å²) in [7, 11) is 3.06. The Morgan fingerprint density at radius 2 is 1.00 bits per heavy atom. The second kappa shape index (κ2) is 6.75. The molecule has 0 atom stereocenters. The maximum absolute atomic E-state index is 5.51. The van der Waals surface area contributed by atoms with E-state index in [0.29, 0.717) is 0 Å². The van der Waals surface area contributed by atoms with Gasteiger partial charge in [-0.15, -0.1) is 0 Å². The summed E-state index contributed by atoms with van der Waals surface area (Å²) < 4.78 is 27.4. The number of rotatable bonds is 7. The summed E-state index contributed by atoms with van der Waals surface area (Å²) in [6.45, 7) is 2.00. The Labute approximate surface area is 117 Å². The van der Waals surface area contributed by atoms with Gasteiger partial charge < -0.3 is 22.1 Å². The summed E-state index contributed by atoms with van der Waals surface area (Å²) in [6.07, 6.45) is 0. The molecular weight excluding hydrogens is 280 g/mol. The third-order valence-corrected chi connectivity index (χ3v) is 8.94. The van der Waals surface area contributed by atoms with E-state index in [4.69, 9.17) is 22.1 Å². The third-order valence-electron chi connectivity index (χ3n) is 3.35. The maximum atomic E-state index is 5.51. The number of benzene rings is 1. The molecule has 0 fully saturated rings. The van der Waals surface area contributed by atoms with Gasteiger partial charge in [-0.2, -0.15) is 0 Å². The first-order chi connectivity index (χ1) is 9.01. The van der Waals surface area contributed by atoms with Crippen LogP contribution >= 0.6 is 0 Å². The Kier molecular flexibility index (Phi) is 5.87. The van der Waals surface area contributed by atoms with E-state index in [1.807, 2.05) is 30.8 Å². The molecule has 7 heteroatoms. The van der Waals surface area contributed by atoms with Crippen LogP contribution < -0.4 is 10.4 Å². The maximum Gasteiger partial charge on any atom is 0.536 e. The average Bonchev–Trinajstić information content (AvgIpc) is 2.49. The van der Waals surface area contributed by atoms with E-state index in [1.54, 1.807) is 35.5 Å². The van der Waals surface area contributed by atoms with Crippen molar-refractivity contribution in [3.8, 4) is 0 Å². The fourth-order valence-corrected chi connectivity index (χ4v) is 5.09. The Bertz CT molecular complexity index is 379. The molecule has 0 radical (unpaired) electrons. The minimum atomic E-state index is -2.76. The van der Waals surface area contributed by atoms with Crippen LogP contribution in [0.4, 0.5) is 0 Å². The Hall–Kier alpha value is -0.546. The fourth-order valence-electron chi connectivity index (χ4n) is 1.90. The zero-order valence-corrected chi connectivity index (χ0v) is 14.4. The molecule has 108 valence electrons. The molecular formula is C12H22O5Si2. The SMILES string of the molecule is CO[Si](C)(OC)c1ccc([Si](OC)(OC)OC)cc1. The van der Waals surface area contributed by atoms with Crippen molar-refractivity contribution in [1.29, 1.82) is 0 Å². The van der Waals surface area contributed by atoms with E-state index in [9.17, 15) is 0 Å². The lowest BCUT2D eigenvalue weighted by Gasteiger charge is -2.26. The molecule has 0 unspecified atom stereocenters. The van der Waals surface area contributed by atoms with E-state index >= 15 is 0 Å². The summed E-state index contributed by atoms with van der Waals surface area (Å²) in [5, 5.41) is 1.96. The highest BCUT2D eigenvalue weighted by Crippen LogP contribution is 2.09. The first kappa shape index (κ1) is 16.5. The molecule has 0 amide bonds. The summed E-state index contributed by atoms with van der Waals surface area (Å²) in [5.74, 6) is 0. The van der Waals surface area contributed by atoms with Crippen LogP contribution in [-0.2, 0) is 22.1 Å². The Morgan fingerprint density at radius 3 is 1.32 bits per heavy atom. The quantitative estimate of drug-likeness (QED) is 0.680. The lowest BCUT2D eigenvalue weighted by molar-refractivity contribution is 0.140. The molecule has 0 aliphatic heterocycles. The molecule has 1 rings (SSSR count). The van der Waals surface area contributed by atoms with Gasteiger partial charge in [-0.25, -0.2) is 0 Å². The molecule has 0 saturated carbocycles. The van der Waals surface area contributed by atoms with Gasteiger partial charge in [0.25, 0.3) is 0 Å². The van der Waals surface area contributed by atoms with Gasteiger partial charge in [-0.3, -0.25) is 0 Å². The van der Waals surface area contributed by atoms with E-state index in [1.165, 1.54) is 0 Å². The summed E-state index contributed by atoms with van der Waals surface area (Å²) in [6, 6.07) is 7.85. The molecule has 0 N–H and O–H groups in total. The van der Waals surface area contributed by atoms with E-state index in [0.717, 1.165) is 10.4 Å². The third kappa shape index (κ3) is 3.14. The normalized spacial score (nSPS) is 12.7. The second-order valence-corrected chi connectivity index (χ2v) is 10.3. The molecule has 0 bridgehead atoms. The average molecular weight is 302 g/mol. The lowest BCUT2D eigenvalue weighted by atomic mass is 10.4. The number of hydrogen-bond acceptors (Lipinski definition) is 5. The van der Waals surface area contributed by atoms with Gasteiger partial charge in [0.05, 0.1) is 0 Å². The molecule has 0 saturated heterocycles. The van der Waals surface area contributed by atoms with Gasteiger partial charge in [-0.1, -0.05) is 24.3 Å². The summed E-state index contributed by atoms with van der Waals surface area (Å²) in [5.41, 5.74) is 0. The molecule has 19 heavy (non-hydrogen) atoms.